The lowest BCUT2D eigenvalue weighted by Gasteiger charge is -2.18. The van der Waals surface area contributed by atoms with Crippen LogP contribution in [0.2, 0.25) is 0 Å². The van der Waals surface area contributed by atoms with Crippen LogP contribution in [0.1, 0.15) is 16.8 Å². The van der Waals surface area contributed by atoms with E-state index in [4.69, 9.17) is 0 Å². The first-order valence-corrected chi connectivity index (χ1v) is 8.18. The van der Waals surface area contributed by atoms with Gasteiger partial charge in [-0.25, -0.2) is 4.39 Å². The lowest BCUT2D eigenvalue weighted by molar-refractivity contribution is 0.221. The molecule has 2 aromatic rings. The highest BCUT2D eigenvalue weighted by molar-refractivity contribution is 5.48. The summed E-state index contributed by atoms with van der Waals surface area (Å²) in [4.78, 5) is 2.05. The molecule has 5 nitrogen and oxygen atoms in total. The second-order valence-corrected chi connectivity index (χ2v) is 6.42. The summed E-state index contributed by atoms with van der Waals surface area (Å²) in [5.41, 5.74) is 3.21. The number of aliphatic hydroxyl groups is 1. The van der Waals surface area contributed by atoms with Crippen molar-refractivity contribution in [3.05, 3.63) is 46.9 Å². The van der Waals surface area contributed by atoms with Crippen molar-refractivity contribution >= 4 is 5.82 Å². The van der Waals surface area contributed by atoms with E-state index >= 15 is 0 Å². The van der Waals surface area contributed by atoms with E-state index < -0.39 is 0 Å². The zero-order valence-corrected chi connectivity index (χ0v) is 14.9. The van der Waals surface area contributed by atoms with Gasteiger partial charge in [-0.15, -0.1) is 0 Å². The van der Waals surface area contributed by atoms with Crippen LogP contribution in [0.4, 0.5) is 10.2 Å². The Labute approximate surface area is 143 Å². The molecule has 1 atom stereocenters. The summed E-state index contributed by atoms with van der Waals surface area (Å²) in [6, 6.07) is 6.46. The highest BCUT2D eigenvalue weighted by Gasteiger charge is 2.15. The fourth-order valence-electron chi connectivity index (χ4n) is 3.01. The van der Waals surface area contributed by atoms with E-state index in [0.717, 1.165) is 23.5 Å². The minimum Gasteiger partial charge on any atom is -0.396 e. The van der Waals surface area contributed by atoms with Gasteiger partial charge in [-0.05, 0) is 37.0 Å². The molecule has 0 aliphatic carbocycles. The molecule has 0 radical (unpaired) electrons. The number of aromatic nitrogens is 2. The topological polar surface area (TPSA) is 53.3 Å². The number of nitrogens with one attached hydrogen (secondary N) is 1. The first-order valence-electron chi connectivity index (χ1n) is 8.18. The van der Waals surface area contributed by atoms with E-state index in [9.17, 15) is 9.50 Å². The maximum Gasteiger partial charge on any atom is 0.130 e. The standard InChI is InChI=1S/C18H27FN4O/c1-13-17(18(22(2)3)23(4)21-13)11-20-10-15(12-24)9-14-5-7-16(19)8-6-14/h5-8,15,20,24H,9-12H2,1-4H3/t15-/m0/s1. The molecular weight excluding hydrogens is 307 g/mol. The van der Waals surface area contributed by atoms with Gasteiger partial charge in [0.05, 0.1) is 5.69 Å². The van der Waals surface area contributed by atoms with Crippen LogP contribution in [0.25, 0.3) is 0 Å². The predicted molar refractivity (Wildman–Crippen MR) is 94.7 cm³/mol. The van der Waals surface area contributed by atoms with Crippen LogP contribution in [-0.2, 0) is 20.0 Å². The van der Waals surface area contributed by atoms with Gasteiger partial charge in [-0.3, -0.25) is 4.68 Å². The Hall–Kier alpha value is -1.92. The summed E-state index contributed by atoms with van der Waals surface area (Å²) >= 11 is 0. The third kappa shape index (κ3) is 4.55. The molecule has 0 bridgehead atoms. The number of nitrogens with zero attached hydrogens (tertiary/aromatic N) is 3. The number of hydrogen-bond donors (Lipinski definition) is 2. The maximum atomic E-state index is 13.0. The Balaban J connectivity index is 1.93. The highest BCUT2D eigenvalue weighted by Crippen LogP contribution is 2.21. The minimum atomic E-state index is -0.235. The molecule has 1 heterocycles. The van der Waals surface area contributed by atoms with Crippen molar-refractivity contribution in [2.24, 2.45) is 13.0 Å². The quantitative estimate of drug-likeness (QED) is 0.774. The van der Waals surface area contributed by atoms with Crippen LogP contribution in [0.5, 0.6) is 0 Å². The second-order valence-electron chi connectivity index (χ2n) is 6.42. The number of rotatable bonds is 8. The Kier molecular flexibility index (Phi) is 6.34. The van der Waals surface area contributed by atoms with Crippen molar-refractivity contribution < 1.29 is 9.50 Å². The number of halogens is 1. The van der Waals surface area contributed by atoms with Gasteiger partial charge >= 0.3 is 0 Å². The molecule has 132 valence electrons. The van der Waals surface area contributed by atoms with E-state index in [1.54, 1.807) is 12.1 Å². The average Bonchev–Trinajstić information content (AvgIpc) is 2.82. The lowest BCUT2D eigenvalue weighted by Crippen LogP contribution is -2.27. The Morgan fingerprint density at radius 2 is 1.96 bits per heavy atom. The number of benzene rings is 1. The molecule has 1 aromatic heterocycles. The van der Waals surface area contributed by atoms with Crippen molar-refractivity contribution in [2.75, 3.05) is 32.1 Å². The molecule has 2 N–H and O–H groups in total. The summed E-state index contributed by atoms with van der Waals surface area (Å²) < 4.78 is 14.8. The SMILES string of the molecule is Cc1nn(C)c(N(C)C)c1CNC[C@@H](CO)Cc1ccc(F)cc1. The molecule has 0 spiro atoms. The number of anilines is 1. The second kappa shape index (κ2) is 8.26. The fourth-order valence-corrected chi connectivity index (χ4v) is 3.01. The van der Waals surface area contributed by atoms with Crippen molar-refractivity contribution in [2.45, 2.75) is 19.9 Å². The van der Waals surface area contributed by atoms with Gasteiger partial charge in [-0.2, -0.15) is 5.10 Å². The first kappa shape index (κ1) is 18.4. The highest BCUT2D eigenvalue weighted by atomic mass is 19.1. The fraction of sp³-hybridized carbons (Fsp3) is 0.500. The summed E-state index contributed by atoms with van der Waals surface area (Å²) in [7, 11) is 5.95. The van der Waals surface area contributed by atoms with Crippen molar-refractivity contribution in [3.63, 3.8) is 0 Å². The van der Waals surface area contributed by atoms with Crippen LogP contribution in [-0.4, -0.2) is 42.1 Å². The van der Waals surface area contributed by atoms with Crippen LogP contribution in [0, 0.1) is 18.7 Å². The summed E-state index contributed by atoms with van der Waals surface area (Å²) in [6.07, 6.45) is 0.719. The van der Waals surface area contributed by atoms with Gasteiger partial charge in [0.1, 0.15) is 11.6 Å². The number of aryl methyl sites for hydroxylation is 2. The van der Waals surface area contributed by atoms with Crippen molar-refractivity contribution in [3.8, 4) is 0 Å². The normalized spacial score (nSPS) is 12.4. The molecule has 2 rings (SSSR count). The number of aliphatic hydroxyl groups excluding tert-OH is 1. The molecule has 0 unspecified atom stereocenters. The molecular formula is C18H27FN4O. The summed E-state index contributed by atoms with van der Waals surface area (Å²) in [5.74, 6) is 0.940. The zero-order valence-electron chi connectivity index (χ0n) is 14.9. The maximum absolute atomic E-state index is 13.0. The molecule has 0 aliphatic heterocycles. The van der Waals surface area contributed by atoms with E-state index in [2.05, 4.69) is 15.3 Å². The third-order valence-corrected chi connectivity index (χ3v) is 4.17. The van der Waals surface area contributed by atoms with Gasteiger partial charge in [-0.1, -0.05) is 12.1 Å². The van der Waals surface area contributed by atoms with Gasteiger partial charge in [0.15, 0.2) is 0 Å². The molecule has 24 heavy (non-hydrogen) atoms. The van der Waals surface area contributed by atoms with Crippen LogP contribution in [0.15, 0.2) is 24.3 Å². The van der Waals surface area contributed by atoms with Crippen molar-refractivity contribution in [1.29, 1.82) is 0 Å². The van der Waals surface area contributed by atoms with E-state index in [1.165, 1.54) is 17.7 Å². The van der Waals surface area contributed by atoms with E-state index in [1.807, 2.05) is 32.7 Å². The van der Waals surface area contributed by atoms with Gasteiger partial charge in [0.25, 0.3) is 0 Å². The first-order chi connectivity index (χ1) is 11.4. The largest absolute Gasteiger partial charge is 0.396 e. The molecule has 0 saturated heterocycles. The van der Waals surface area contributed by atoms with Crippen LogP contribution >= 0.6 is 0 Å². The van der Waals surface area contributed by atoms with Crippen LogP contribution in [0.3, 0.4) is 0 Å². The molecule has 0 saturated carbocycles. The van der Waals surface area contributed by atoms with Crippen LogP contribution < -0.4 is 10.2 Å². The van der Waals surface area contributed by atoms with Crippen molar-refractivity contribution in [1.82, 2.24) is 15.1 Å². The van der Waals surface area contributed by atoms with E-state index in [0.29, 0.717) is 13.1 Å². The molecule has 6 heteroatoms. The molecule has 0 amide bonds. The minimum absolute atomic E-state index is 0.0928. The Bertz CT molecular complexity index is 652. The summed E-state index contributed by atoms with van der Waals surface area (Å²) in [6.45, 7) is 3.49. The average molecular weight is 334 g/mol. The molecule has 1 aromatic carbocycles. The van der Waals surface area contributed by atoms with Gasteiger partial charge in [0.2, 0.25) is 0 Å². The zero-order chi connectivity index (χ0) is 17.7. The smallest absolute Gasteiger partial charge is 0.130 e. The molecule has 0 fully saturated rings. The third-order valence-electron chi connectivity index (χ3n) is 4.17. The molecule has 0 aliphatic rings. The Morgan fingerprint density at radius 3 is 2.54 bits per heavy atom. The van der Waals surface area contributed by atoms with E-state index in [-0.39, 0.29) is 18.3 Å². The van der Waals surface area contributed by atoms with Gasteiger partial charge in [0, 0.05) is 46.4 Å². The summed E-state index contributed by atoms with van der Waals surface area (Å²) in [5, 5.41) is 17.5. The Morgan fingerprint density at radius 1 is 1.29 bits per heavy atom. The number of hydrogen-bond acceptors (Lipinski definition) is 4. The predicted octanol–water partition coefficient (Wildman–Crippen LogP) is 1.87. The lowest BCUT2D eigenvalue weighted by atomic mass is 10.00. The van der Waals surface area contributed by atoms with Gasteiger partial charge < -0.3 is 15.3 Å². The monoisotopic (exact) mass is 334 g/mol.